The average molecular weight is 507 g/mol. The van der Waals surface area contributed by atoms with Gasteiger partial charge in [-0.05, 0) is 30.4 Å². The van der Waals surface area contributed by atoms with Gasteiger partial charge in [0.15, 0.2) is 11.4 Å². The van der Waals surface area contributed by atoms with Crippen molar-refractivity contribution < 1.29 is 43.6 Å². The Labute approximate surface area is 204 Å². The van der Waals surface area contributed by atoms with Crippen molar-refractivity contribution in [2.24, 2.45) is 17.6 Å². The highest BCUT2D eigenvalue weighted by Gasteiger charge is 2.59. The number of amides is 1. The Morgan fingerprint density at radius 3 is 2.50 bits per heavy atom. The number of aliphatic hydroxyl groups excluding tert-OH is 2. The lowest BCUT2D eigenvalue weighted by atomic mass is 9.60. The minimum atomic E-state index is -2.65. The second-order valence-corrected chi connectivity index (χ2v) is 9.58. The standard InChI is InChI=1S/C24H27F2N3O7/c1-29(2)13-5-10(7-28-8-15(25)26)19(31)17-12(13)4-9-3-11-6-14(30)18(23(27)35)22(34)24(11,36)21(33)16(9)20(17)32/h5,9,11,15,28,30-31,33,36H,3-4,6-8H2,1-2H3,(H2,27,35)/t9-,11+,24+/m1/s1. The largest absolute Gasteiger partial charge is 0.511 e. The van der Waals surface area contributed by atoms with Crippen molar-refractivity contribution in [2.75, 3.05) is 25.5 Å². The van der Waals surface area contributed by atoms with E-state index < -0.39 is 70.7 Å². The number of rotatable bonds is 6. The zero-order valence-corrected chi connectivity index (χ0v) is 19.6. The van der Waals surface area contributed by atoms with Crippen molar-refractivity contribution in [2.45, 2.75) is 37.8 Å². The number of nitrogens with zero attached hydrogens (tertiary/aromatic N) is 1. The molecule has 0 spiro atoms. The van der Waals surface area contributed by atoms with Crippen molar-refractivity contribution in [1.29, 1.82) is 0 Å². The fraction of sp³-hybridized carbons (Fsp3) is 0.458. The molecule has 0 heterocycles. The highest BCUT2D eigenvalue weighted by Crippen LogP contribution is 2.52. The molecule has 1 aromatic carbocycles. The fourth-order valence-electron chi connectivity index (χ4n) is 5.57. The van der Waals surface area contributed by atoms with Crippen LogP contribution in [0.3, 0.4) is 0 Å². The number of allylic oxidation sites excluding steroid dienone is 2. The number of hydrogen-bond donors (Lipinski definition) is 6. The number of anilines is 1. The molecule has 0 saturated heterocycles. The number of hydrogen-bond acceptors (Lipinski definition) is 9. The number of aliphatic hydroxyl groups is 3. The molecule has 194 valence electrons. The molecule has 0 saturated carbocycles. The first-order valence-corrected chi connectivity index (χ1v) is 11.3. The average Bonchev–Trinajstić information content (AvgIpc) is 2.77. The summed E-state index contributed by atoms with van der Waals surface area (Å²) >= 11 is 0. The lowest BCUT2D eigenvalue weighted by Crippen LogP contribution is -2.57. The van der Waals surface area contributed by atoms with Gasteiger partial charge in [0.2, 0.25) is 5.78 Å². The number of ketones is 2. The molecule has 10 nitrogen and oxygen atoms in total. The van der Waals surface area contributed by atoms with E-state index in [2.05, 4.69) is 5.32 Å². The van der Waals surface area contributed by atoms with Crippen molar-refractivity contribution in [3.63, 3.8) is 0 Å². The first-order chi connectivity index (χ1) is 16.8. The second-order valence-electron chi connectivity index (χ2n) is 9.58. The minimum absolute atomic E-state index is 0.0221. The third-order valence-corrected chi connectivity index (χ3v) is 7.21. The normalized spacial score (nSPS) is 25.6. The molecule has 1 amide bonds. The van der Waals surface area contributed by atoms with Crippen molar-refractivity contribution in [3.8, 4) is 5.75 Å². The van der Waals surface area contributed by atoms with E-state index in [0.29, 0.717) is 11.3 Å². The van der Waals surface area contributed by atoms with Crippen LogP contribution in [-0.2, 0) is 22.6 Å². The molecule has 0 aromatic heterocycles. The van der Waals surface area contributed by atoms with Crippen molar-refractivity contribution in [1.82, 2.24) is 5.32 Å². The maximum absolute atomic E-state index is 13.7. The highest BCUT2D eigenvalue weighted by molar-refractivity contribution is 6.24. The number of nitrogens with two attached hydrogens (primary N) is 1. The third kappa shape index (κ3) is 3.71. The van der Waals surface area contributed by atoms with Gasteiger partial charge in [0, 0.05) is 49.8 Å². The van der Waals surface area contributed by atoms with Gasteiger partial charge in [-0.1, -0.05) is 0 Å². The molecule has 0 radical (unpaired) electrons. The molecular formula is C24H27F2N3O7. The number of alkyl halides is 2. The van der Waals surface area contributed by atoms with Crippen molar-refractivity contribution >= 4 is 23.2 Å². The summed E-state index contributed by atoms with van der Waals surface area (Å²) in [7, 11) is 3.42. The van der Waals surface area contributed by atoms with E-state index in [4.69, 9.17) is 5.73 Å². The van der Waals surface area contributed by atoms with E-state index >= 15 is 0 Å². The molecule has 0 fully saturated rings. The lowest BCUT2D eigenvalue weighted by Gasteiger charge is -2.46. The molecule has 36 heavy (non-hydrogen) atoms. The third-order valence-electron chi connectivity index (χ3n) is 7.21. The minimum Gasteiger partial charge on any atom is -0.511 e. The van der Waals surface area contributed by atoms with Gasteiger partial charge in [0.1, 0.15) is 22.8 Å². The van der Waals surface area contributed by atoms with Crippen LogP contribution < -0.4 is 16.0 Å². The Bertz CT molecular complexity index is 1240. The van der Waals surface area contributed by atoms with E-state index in [-0.39, 0.29) is 42.5 Å². The van der Waals surface area contributed by atoms with Gasteiger partial charge < -0.3 is 36.4 Å². The summed E-state index contributed by atoms with van der Waals surface area (Å²) in [5.74, 6) is -7.07. The van der Waals surface area contributed by atoms with Crippen LogP contribution in [0, 0.1) is 11.8 Å². The maximum atomic E-state index is 13.7. The summed E-state index contributed by atoms with van der Waals surface area (Å²) in [5.41, 5.74) is 2.46. The highest BCUT2D eigenvalue weighted by atomic mass is 19.3. The van der Waals surface area contributed by atoms with Crippen LogP contribution in [0.5, 0.6) is 5.75 Å². The molecule has 1 aromatic rings. The zero-order valence-electron chi connectivity index (χ0n) is 19.6. The lowest BCUT2D eigenvalue weighted by molar-refractivity contribution is -0.144. The van der Waals surface area contributed by atoms with E-state index in [0.717, 1.165) is 0 Å². The number of Topliss-reactive ketones (excluding diaryl/α,β-unsaturated/α-hetero) is 2. The number of fused-ring (bicyclic) bond motifs is 3. The van der Waals surface area contributed by atoms with Crippen LogP contribution in [0.4, 0.5) is 14.5 Å². The number of benzene rings is 1. The van der Waals surface area contributed by atoms with Crippen molar-refractivity contribution in [3.05, 3.63) is 45.4 Å². The Hall–Kier alpha value is -3.51. The molecule has 7 N–H and O–H groups in total. The number of carbonyl (C=O) groups is 3. The molecule has 0 aliphatic heterocycles. The van der Waals surface area contributed by atoms with Gasteiger partial charge in [-0.15, -0.1) is 0 Å². The second kappa shape index (κ2) is 8.86. The van der Waals surface area contributed by atoms with Crippen LogP contribution >= 0.6 is 0 Å². The molecule has 3 aliphatic carbocycles. The van der Waals surface area contributed by atoms with Crippen LogP contribution in [0.2, 0.25) is 0 Å². The quantitative estimate of drug-likeness (QED) is 0.307. The van der Waals surface area contributed by atoms with Crippen LogP contribution in [0.15, 0.2) is 28.7 Å². The number of phenolic OH excluding ortho intramolecular Hbond substituents is 1. The topological polar surface area (TPSA) is 173 Å². The summed E-state index contributed by atoms with van der Waals surface area (Å²) in [5, 5.41) is 46.1. The number of halogens is 2. The molecular weight excluding hydrogens is 480 g/mol. The Balaban J connectivity index is 1.86. The maximum Gasteiger partial charge on any atom is 0.255 e. The zero-order chi connectivity index (χ0) is 26.7. The smallest absolute Gasteiger partial charge is 0.255 e. The first kappa shape index (κ1) is 25.6. The first-order valence-electron chi connectivity index (χ1n) is 11.3. The van der Waals surface area contributed by atoms with Gasteiger partial charge in [0.25, 0.3) is 12.3 Å². The molecule has 3 aliphatic rings. The molecule has 0 unspecified atom stereocenters. The van der Waals surface area contributed by atoms with E-state index in [9.17, 15) is 43.6 Å². The van der Waals surface area contributed by atoms with Gasteiger partial charge >= 0.3 is 0 Å². The van der Waals surface area contributed by atoms with Gasteiger partial charge in [-0.3, -0.25) is 14.4 Å². The number of nitrogens with one attached hydrogen (secondary N) is 1. The van der Waals surface area contributed by atoms with E-state index in [1.54, 1.807) is 25.1 Å². The summed E-state index contributed by atoms with van der Waals surface area (Å²) < 4.78 is 25.2. The molecule has 3 atom stereocenters. The molecule has 12 heteroatoms. The van der Waals surface area contributed by atoms with E-state index in [1.807, 2.05) is 0 Å². The molecule has 4 rings (SSSR count). The van der Waals surface area contributed by atoms with Crippen LogP contribution in [-0.4, -0.2) is 70.6 Å². The summed E-state index contributed by atoms with van der Waals surface area (Å²) in [6.07, 6.45) is -2.75. The monoisotopic (exact) mass is 507 g/mol. The number of primary amides is 1. The van der Waals surface area contributed by atoms with Gasteiger partial charge in [0.05, 0.1) is 12.1 Å². The Morgan fingerprint density at radius 2 is 1.92 bits per heavy atom. The van der Waals surface area contributed by atoms with E-state index in [1.165, 1.54) is 0 Å². The number of carbonyl (C=O) groups excluding carboxylic acids is 3. The van der Waals surface area contributed by atoms with Gasteiger partial charge in [-0.2, -0.15) is 0 Å². The van der Waals surface area contributed by atoms with Crippen LogP contribution in [0.1, 0.15) is 34.3 Å². The predicted molar refractivity (Wildman–Crippen MR) is 123 cm³/mol. The summed E-state index contributed by atoms with van der Waals surface area (Å²) in [6.45, 7) is -0.794. The van der Waals surface area contributed by atoms with Crippen LogP contribution in [0.25, 0.3) is 0 Å². The Kier molecular flexibility index (Phi) is 6.29. The van der Waals surface area contributed by atoms with Gasteiger partial charge in [-0.25, -0.2) is 8.78 Å². The number of phenols is 1. The molecule has 0 bridgehead atoms. The predicted octanol–water partition coefficient (Wildman–Crippen LogP) is 1.00. The fourth-order valence-corrected chi connectivity index (χ4v) is 5.57. The number of aromatic hydroxyl groups is 1. The Morgan fingerprint density at radius 1 is 1.25 bits per heavy atom. The SMILES string of the molecule is CN(C)c1cc(CNCC(F)F)c(O)c2c1C[C@H]1C[C@H]3CC(O)=C(C(N)=O)C(=O)[C@@]3(O)C(O)=C1C2=O. The summed E-state index contributed by atoms with van der Waals surface area (Å²) in [6, 6.07) is 1.59. The summed E-state index contributed by atoms with van der Waals surface area (Å²) in [4.78, 5) is 40.1.